The molecular weight excluding hydrogens is 304 g/mol. The van der Waals surface area contributed by atoms with E-state index in [4.69, 9.17) is 10.5 Å². The summed E-state index contributed by atoms with van der Waals surface area (Å²) in [5.41, 5.74) is 6.92. The van der Waals surface area contributed by atoms with Crippen LogP contribution in [-0.2, 0) is 17.9 Å². The number of nitrogen functional groups attached to an aromatic ring is 1. The van der Waals surface area contributed by atoms with Gasteiger partial charge in [0.2, 0.25) is 0 Å². The molecule has 0 fully saturated rings. The predicted molar refractivity (Wildman–Crippen MR) is 95.5 cm³/mol. The fourth-order valence-corrected chi connectivity index (χ4v) is 3.15. The zero-order valence-corrected chi connectivity index (χ0v) is 14.8. The highest BCUT2D eigenvalue weighted by Gasteiger charge is 2.22. The van der Waals surface area contributed by atoms with Gasteiger partial charge in [-0.15, -0.1) is 0 Å². The lowest BCUT2D eigenvalue weighted by Gasteiger charge is -2.21. The maximum atomic E-state index is 10.4. The number of hydrogen-bond donors (Lipinski definition) is 2. The molecule has 6 nitrogen and oxygen atoms in total. The summed E-state index contributed by atoms with van der Waals surface area (Å²) in [6.45, 7) is 9.12. The van der Waals surface area contributed by atoms with Crippen LogP contribution in [-0.4, -0.2) is 31.8 Å². The number of pyridine rings is 1. The van der Waals surface area contributed by atoms with E-state index in [0.29, 0.717) is 37.0 Å². The summed E-state index contributed by atoms with van der Waals surface area (Å²) >= 11 is 0. The molecule has 0 radical (unpaired) electrons. The summed E-state index contributed by atoms with van der Waals surface area (Å²) in [4.78, 5) is 9.19. The average molecular weight is 330 g/mol. The molecule has 2 aromatic rings. The minimum absolute atomic E-state index is 0.384. The number of aromatic nitrogens is 3. The molecule has 1 aliphatic carbocycles. The molecule has 0 amide bonds. The SMILES string of the molecule is CCOCc1nc2c(N)nc3c(c2n1CC(C)(C)O)=CC(C)CC=3. The molecule has 2 heterocycles. The number of fused-ring (bicyclic) bond motifs is 3. The minimum atomic E-state index is -0.872. The zero-order valence-electron chi connectivity index (χ0n) is 14.8. The smallest absolute Gasteiger partial charge is 0.152 e. The van der Waals surface area contributed by atoms with Crippen molar-refractivity contribution in [3.8, 4) is 0 Å². The van der Waals surface area contributed by atoms with Crippen molar-refractivity contribution >= 4 is 29.0 Å². The van der Waals surface area contributed by atoms with E-state index < -0.39 is 5.60 Å². The maximum Gasteiger partial charge on any atom is 0.152 e. The molecule has 1 unspecified atom stereocenters. The fraction of sp³-hybridized carbons (Fsp3) is 0.556. The second-order valence-corrected chi connectivity index (χ2v) is 7.14. The van der Waals surface area contributed by atoms with Crippen LogP contribution in [0.3, 0.4) is 0 Å². The van der Waals surface area contributed by atoms with Crippen LogP contribution in [0.2, 0.25) is 0 Å². The third kappa shape index (κ3) is 3.16. The first-order chi connectivity index (χ1) is 11.3. The molecule has 0 spiro atoms. The molecule has 0 bridgehead atoms. The van der Waals surface area contributed by atoms with Crippen molar-refractivity contribution < 1.29 is 9.84 Å². The van der Waals surface area contributed by atoms with Gasteiger partial charge in [0.1, 0.15) is 17.9 Å². The van der Waals surface area contributed by atoms with Crippen molar-refractivity contribution in [2.75, 3.05) is 12.3 Å². The second kappa shape index (κ2) is 6.18. The Morgan fingerprint density at radius 1 is 1.42 bits per heavy atom. The van der Waals surface area contributed by atoms with Gasteiger partial charge in [-0.25, -0.2) is 9.97 Å². The average Bonchev–Trinajstić information content (AvgIpc) is 2.84. The van der Waals surface area contributed by atoms with E-state index >= 15 is 0 Å². The van der Waals surface area contributed by atoms with Gasteiger partial charge in [-0.1, -0.05) is 19.1 Å². The summed E-state index contributed by atoms with van der Waals surface area (Å²) < 4.78 is 7.60. The first-order valence-electron chi connectivity index (χ1n) is 8.47. The van der Waals surface area contributed by atoms with E-state index in [2.05, 4.69) is 29.0 Å². The van der Waals surface area contributed by atoms with Gasteiger partial charge in [-0.05, 0) is 33.1 Å². The van der Waals surface area contributed by atoms with Gasteiger partial charge in [0.15, 0.2) is 5.82 Å². The first kappa shape index (κ1) is 16.9. The molecule has 1 aliphatic rings. The summed E-state index contributed by atoms with van der Waals surface area (Å²) in [7, 11) is 0. The van der Waals surface area contributed by atoms with E-state index in [1.165, 1.54) is 0 Å². The lowest BCUT2D eigenvalue weighted by Crippen LogP contribution is -2.36. The van der Waals surface area contributed by atoms with Crippen molar-refractivity contribution in [1.82, 2.24) is 14.5 Å². The van der Waals surface area contributed by atoms with Gasteiger partial charge < -0.3 is 20.1 Å². The monoisotopic (exact) mass is 330 g/mol. The van der Waals surface area contributed by atoms with Crippen LogP contribution in [0, 0.1) is 5.92 Å². The van der Waals surface area contributed by atoms with Crippen LogP contribution in [0.1, 0.15) is 39.9 Å². The topological polar surface area (TPSA) is 86.2 Å². The van der Waals surface area contributed by atoms with Crippen LogP contribution in [0.15, 0.2) is 0 Å². The van der Waals surface area contributed by atoms with E-state index in [-0.39, 0.29) is 0 Å². The highest BCUT2D eigenvalue weighted by Crippen LogP contribution is 2.21. The highest BCUT2D eigenvalue weighted by atomic mass is 16.5. The Labute approximate surface area is 141 Å². The van der Waals surface area contributed by atoms with Crippen molar-refractivity contribution in [2.24, 2.45) is 5.92 Å². The van der Waals surface area contributed by atoms with Gasteiger partial charge in [-0.3, -0.25) is 0 Å². The molecule has 0 aromatic carbocycles. The first-order valence-corrected chi connectivity index (χ1v) is 8.47. The van der Waals surface area contributed by atoms with Gasteiger partial charge in [0.05, 0.1) is 23.0 Å². The number of hydrogen-bond acceptors (Lipinski definition) is 5. The van der Waals surface area contributed by atoms with Crippen LogP contribution >= 0.6 is 0 Å². The summed E-state index contributed by atoms with van der Waals surface area (Å²) in [5.74, 6) is 1.63. The molecule has 0 saturated heterocycles. The largest absolute Gasteiger partial charge is 0.389 e. The molecule has 2 aromatic heterocycles. The Kier molecular flexibility index (Phi) is 4.36. The highest BCUT2D eigenvalue weighted by molar-refractivity contribution is 5.86. The van der Waals surface area contributed by atoms with E-state index in [1.54, 1.807) is 13.8 Å². The van der Waals surface area contributed by atoms with Gasteiger partial charge in [-0.2, -0.15) is 0 Å². The zero-order chi connectivity index (χ0) is 17.5. The van der Waals surface area contributed by atoms with E-state index in [9.17, 15) is 5.11 Å². The molecule has 0 saturated carbocycles. The van der Waals surface area contributed by atoms with Crippen LogP contribution < -0.4 is 16.3 Å². The predicted octanol–water partition coefficient (Wildman–Crippen LogP) is 0.922. The number of imidazole rings is 1. The van der Waals surface area contributed by atoms with Crippen LogP contribution in [0.4, 0.5) is 5.82 Å². The Morgan fingerprint density at radius 3 is 2.83 bits per heavy atom. The third-order valence-electron chi connectivity index (χ3n) is 4.18. The number of nitrogens with zero attached hydrogens (tertiary/aromatic N) is 3. The number of rotatable bonds is 5. The van der Waals surface area contributed by atoms with Crippen molar-refractivity contribution in [3.05, 3.63) is 16.4 Å². The van der Waals surface area contributed by atoms with Crippen LogP contribution in [0.25, 0.3) is 23.2 Å². The molecular formula is C18H26N4O2. The normalized spacial score (nSPS) is 17.5. The molecule has 0 aliphatic heterocycles. The van der Waals surface area contributed by atoms with Gasteiger partial charge >= 0.3 is 0 Å². The molecule has 6 heteroatoms. The van der Waals surface area contributed by atoms with Gasteiger partial charge in [0.25, 0.3) is 0 Å². The summed E-state index contributed by atoms with van der Waals surface area (Å²) in [6.07, 6.45) is 5.30. The lowest BCUT2D eigenvalue weighted by atomic mass is 10.0. The molecule has 3 rings (SSSR count). The maximum absolute atomic E-state index is 10.4. The number of aliphatic hydroxyl groups is 1. The van der Waals surface area contributed by atoms with E-state index in [0.717, 1.165) is 28.3 Å². The number of nitrogens with two attached hydrogens (primary N) is 1. The Balaban J connectivity index is 2.34. The Hall–Kier alpha value is -1.92. The molecule has 130 valence electrons. The third-order valence-corrected chi connectivity index (χ3v) is 4.18. The molecule has 3 N–H and O–H groups in total. The minimum Gasteiger partial charge on any atom is -0.389 e. The van der Waals surface area contributed by atoms with Gasteiger partial charge in [0, 0.05) is 11.8 Å². The molecule has 24 heavy (non-hydrogen) atoms. The Morgan fingerprint density at radius 2 is 2.17 bits per heavy atom. The standard InChI is InChI=1S/C18H26N4O2/c1-5-24-9-14-21-15-16(22(14)10-18(3,4)23)12-8-11(2)6-7-13(12)20-17(15)19/h7-8,11,23H,5-6,9-10H2,1-4H3,(H2,19,20). The quantitative estimate of drug-likeness (QED) is 0.851. The molecule has 1 atom stereocenters. The number of ether oxygens (including phenoxy) is 1. The summed E-state index contributed by atoms with van der Waals surface area (Å²) in [6, 6.07) is 0. The van der Waals surface area contributed by atoms with Crippen LogP contribution in [0.5, 0.6) is 0 Å². The van der Waals surface area contributed by atoms with Crippen molar-refractivity contribution in [2.45, 2.75) is 52.9 Å². The van der Waals surface area contributed by atoms with E-state index in [1.807, 2.05) is 11.5 Å². The Bertz CT molecular complexity index is 877. The van der Waals surface area contributed by atoms with Crippen molar-refractivity contribution in [1.29, 1.82) is 0 Å². The van der Waals surface area contributed by atoms with Crippen molar-refractivity contribution in [3.63, 3.8) is 0 Å². The lowest BCUT2D eigenvalue weighted by molar-refractivity contribution is 0.0581. The summed E-state index contributed by atoms with van der Waals surface area (Å²) in [5, 5.41) is 12.3. The second-order valence-electron chi connectivity index (χ2n) is 7.14. The fourth-order valence-electron chi connectivity index (χ4n) is 3.15. The number of anilines is 1.